The molecule has 0 saturated carbocycles. The van der Waals surface area contributed by atoms with Gasteiger partial charge in [-0.3, -0.25) is 0 Å². The molecule has 1 aromatic carbocycles. The Kier molecular flexibility index (Phi) is 2.48. The second-order valence-corrected chi connectivity index (χ2v) is 5.94. The SMILES string of the molecule is COc1ccc2c3c1O[C@@H]1C=CC=C[C@]31CCN(C)C2. The van der Waals surface area contributed by atoms with Gasteiger partial charge in [-0.25, -0.2) is 0 Å². The van der Waals surface area contributed by atoms with Gasteiger partial charge in [0.25, 0.3) is 0 Å². The number of benzene rings is 1. The summed E-state index contributed by atoms with van der Waals surface area (Å²) in [5.41, 5.74) is 2.69. The van der Waals surface area contributed by atoms with Gasteiger partial charge in [0, 0.05) is 12.1 Å². The Labute approximate surface area is 119 Å². The summed E-state index contributed by atoms with van der Waals surface area (Å²) in [4.78, 5) is 2.39. The quantitative estimate of drug-likeness (QED) is 0.782. The van der Waals surface area contributed by atoms with Crippen molar-refractivity contribution in [3.8, 4) is 11.5 Å². The van der Waals surface area contributed by atoms with Crippen LogP contribution in [0.15, 0.2) is 36.4 Å². The molecule has 4 rings (SSSR count). The number of ether oxygens (including phenoxy) is 2. The van der Waals surface area contributed by atoms with Gasteiger partial charge < -0.3 is 14.4 Å². The Morgan fingerprint density at radius 2 is 2.25 bits per heavy atom. The van der Waals surface area contributed by atoms with E-state index in [0.29, 0.717) is 0 Å². The first kappa shape index (κ1) is 12.0. The van der Waals surface area contributed by atoms with Gasteiger partial charge in [-0.05, 0) is 37.7 Å². The number of hydrogen-bond donors (Lipinski definition) is 0. The van der Waals surface area contributed by atoms with Gasteiger partial charge in [0.2, 0.25) is 0 Å². The van der Waals surface area contributed by atoms with E-state index in [1.165, 1.54) is 11.1 Å². The van der Waals surface area contributed by atoms with Crippen LogP contribution in [0, 0.1) is 0 Å². The van der Waals surface area contributed by atoms with E-state index in [1.807, 2.05) is 6.07 Å². The van der Waals surface area contributed by atoms with Crippen molar-refractivity contribution in [1.82, 2.24) is 4.90 Å². The average Bonchev–Trinajstić information content (AvgIpc) is 2.74. The second-order valence-electron chi connectivity index (χ2n) is 5.94. The molecule has 1 aromatic rings. The van der Waals surface area contributed by atoms with E-state index in [1.54, 1.807) is 7.11 Å². The lowest BCUT2D eigenvalue weighted by Gasteiger charge is -2.31. The minimum Gasteiger partial charge on any atom is -0.493 e. The highest BCUT2D eigenvalue weighted by molar-refractivity contribution is 5.62. The third-order valence-corrected chi connectivity index (χ3v) is 4.78. The molecular formula is C17H19NO2. The predicted octanol–water partition coefficient (Wildman–Crippen LogP) is 2.66. The smallest absolute Gasteiger partial charge is 0.166 e. The van der Waals surface area contributed by atoms with Crippen molar-refractivity contribution in [3.05, 3.63) is 47.6 Å². The molecule has 104 valence electrons. The van der Waals surface area contributed by atoms with Crippen LogP contribution in [0.1, 0.15) is 17.5 Å². The van der Waals surface area contributed by atoms with E-state index in [4.69, 9.17) is 9.47 Å². The van der Waals surface area contributed by atoms with E-state index in [2.05, 4.69) is 42.3 Å². The first-order chi connectivity index (χ1) is 9.74. The highest BCUT2D eigenvalue weighted by atomic mass is 16.5. The molecule has 0 radical (unpaired) electrons. The van der Waals surface area contributed by atoms with Crippen molar-refractivity contribution in [3.63, 3.8) is 0 Å². The fourth-order valence-corrected chi connectivity index (χ4v) is 3.78. The van der Waals surface area contributed by atoms with Crippen LogP contribution in [0.2, 0.25) is 0 Å². The van der Waals surface area contributed by atoms with Crippen LogP contribution in [0.5, 0.6) is 11.5 Å². The standard InChI is InChI=1S/C17H19NO2/c1-18-10-9-17-8-4-3-5-14(17)20-16-13(19-2)7-6-12(11-18)15(16)17/h3-8,14H,9-11H2,1-2H3/t14-,17-/m1/s1. The monoisotopic (exact) mass is 269 g/mol. The summed E-state index contributed by atoms with van der Waals surface area (Å²) in [7, 11) is 3.90. The first-order valence-corrected chi connectivity index (χ1v) is 7.16. The largest absolute Gasteiger partial charge is 0.493 e. The number of nitrogens with zero attached hydrogens (tertiary/aromatic N) is 1. The highest BCUT2D eigenvalue weighted by Gasteiger charge is 2.50. The molecule has 1 aliphatic carbocycles. The van der Waals surface area contributed by atoms with Gasteiger partial charge in [-0.15, -0.1) is 0 Å². The molecule has 1 spiro atoms. The Bertz CT molecular complexity index is 620. The van der Waals surface area contributed by atoms with Crippen molar-refractivity contribution in [2.45, 2.75) is 24.5 Å². The number of allylic oxidation sites excluding steroid dienone is 2. The summed E-state index contributed by atoms with van der Waals surface area (Å²) in [6, 6.07) is 4.23. The normalized spacial score (nSPS) is 30.4. The highest BCUT2D eigenvalue weighted by Crippen LogP contribution is 2.54. The predicted molar refractivity (Wildman–Crippen MR) is 78.3 cm³/mol. The van der Waals surface area contributed by atoms with Gasteiger partial charge in [-0.2, -0.15) is 0 Å². The topological polar surface area (TPSA) is 21.7 Å². The fourth-order valence-electron chi connectivity index (χ4n) is 3.78. The van der Waals surface area contributed by atoms with Gasteiger partial charge >= 0.3 is 0 Å². The maximum atomic E-state index is 6.26. The van der Waals surface area contributed by atoms with Crippen LogP contribution in [0.25, 0.3) is 0 Å². The van der Waals surface area contributed by atoms with Crippen molar-refractivity contribution < 1.29 is 9.47 Å². The van der Waals surface area contributed by atoms with E-state index >= 15 is 0 Å². The van der Waals surface area contributed by atoms with E-state index in [9.17, 15) is 0 Å². The van der Waals surface area contributed by atoms with Crippen LogP contribution in [0.3, 0.4) is 0 Å². The van der Waals surface area contributed by atoms with E-state index < -0.39 is 0 Å². The molecule has 3 aliphatic rings. The molecule has 0 saturated heterocycles. The van der Waals surface area contributed by atoms with E-state index in [0.717, 1.165) is 31.0 Å². The molecule has 0 N–H and O–H groups in total. The maximum absolute atomic E-state index is 6.26. The molecule has 2 aliphatic heterocycles. The Hall–Kier alpha value is -1.74. The number of rotatable bonds is 1. The molecule has 3 heteroatoms. The van der Waals surface area contributed by atoms with Gasteiger partial charge in [0.1, 0.15) is 6.10 Å². The minimum absolute atomic E-state index is 0.0152. The lowest BCUT2D eigenvalue weighted by Crippen LogP contribution is -2.37. The van der Waals surface area contributed by atoms with Crippen molar-refractivity contribution in [2.24, 2.45) is 0 Å². The Morgan fingerprint density at radius 3 is 3.10 bits per heavy atom. The third-order valence-electron chi connectivity index (χ3n) is 4.78. The van der Waals surface area contributed by atoms with E-state index in [-0.39, 0.29) is 11.5 Å². The second kappa shape index (κ2) is 4.13. The summed E-state index contributed by atoms with van der Waals surface area (Å²) in [6.07, 6.45) is 9.93. The van der Waals surface area contributed by atoms with Crippen LogP contribution >= 0.6 is 0 Å². The molecule has 0 amide bonds. The third kappa shape index (κ3) is 1.44. The molecule has 0 bridgehead atoms. The summed E-state index contributed by atoms with van der Waals surface area (Å²) in [6.45, 7) is 2.05. The minimum atomic E-state index is -0.0152. The molecule has 0 unspecified atom stereocenters. The maximum Gasteiger partial charge on any atom is 0.166 e. The van der Waals surface area contributed by atoms with Gasteiger partial charge in [0.15, 0.2) is 11.5 Å². The Balaban J connectivity index is 1.99. The van der Waals surface area contributed by atoms with Gasteiger partial charge in [0.05, 0.1) is 12.5 Å². The number of methoxy groups -OCH3 is 1. The molecule has 0 aromatic heterocycles. The van der Waals surface area contributed by atoms with Crippen LogP contribution < -0.4 is 9.47 Å². The zero-order chi connectivity index (χ0) is 13.7. The van der Waals surface area contributed by atoms with Crippen molar-refractivity contribution >= 4 is 0 Å². The van der Waals surface area contributed by atoms with Crippen LogP contribution in [-0.2, 0) is 12.0 Å². The van der Waals surface area contributed by atoms with Crippen LogP contribution in [0.4, 0.5) is 0 Å². The molecular weight excluding hydrogens is 250 g/mol. The zero-order valence-electron chi connectivity index (χ0n) is 11.9. The molecule has 3 nitrogen and oxygen atoms in total. The Morgan fingerprint density at radius 1 is 1.35 bits per heavy atom. The van der Waals surface area contributed by atoms with Crippen molar-refractivity contribution in [1.29, 1.82) is 0 Å². The molecule has 0 fully saturated rings. The average molecular weight is 269 g/mol. The molecule has 2 atom stereocenters. The van der Waals surface area contributed by atoms with Crippen molar-refractivity contribution in [2.75, 3.05) is 20.7 Å². The zero-order valence-corrected chi connectivity index (χ0v) is 11.9. The summed E-state index contributed by atoms with van der Waals surface area (Å²) in [5, 5.41) is 0. The summed E-state index contributed by atoms with van der Waals surface area (Å²) in [5.74, 6) is 1.80. The lowest BCUT2D eigenvalue weighted by atomic mass is 9.71. The molecule has 20 heavy (non-hydrogen) atoms. The molecule has 2 heterocycles. The van der Waals surface area contributed by atoms with Gasteiger partial charge in [-0.1, -0.05) is 24.3 Å². The summed E-state index contributed by atoms with van der Waals surface area (Å²) >= 11 is 0. The first-order valence-electron chi connectivity index (χ1n) is 7.16. The summed E-state index contributed by atoms with van der Waals surface area (Å²) < 4.78 is 11.8. The lowest BCUT2D eigenvalue weighted by molar-refractivity contribution is 0.193. The number of hydrogen-bond acceptors (Lipinski definition) is 3. The fraction of sp³-hybridized carbons (Fsp3) is 0.412. The van der Waals surface area contributed by atoms with Crippen LogP contribution in [-0.4, -0.2) is 31.7 Å².